The number of rotatable bonds is 9. The highest BCUT2D eigenvalue weighted by Gasteiger charge is 2.27. The van der Waals surface area contributed by atoms with Crippen molar-refractivity contribution in [3.8, 4) is 5.75 Å². The van der Waals surface area contributed by atoms with Gasteiger partial charge in [0.1, 0.15) is 11.6 Å². The standard InChI is InChI=1S/C24H36N6O4/c1-4-5-10-29(21-22(25)30(15-17(2)3)24(34)26-23(21)33)20(32)16-27-11-13-28(14-12-27)18-8-6-7-9-19(18)31/h6-9,17,31H,4-5,10-16,25H2,1-3H3,(H,26,33,34). The number of amides is 1. The van der Waals surface area contributed by atoms with Gasteiger partial charge in [-0.3, -0.25) is 24.0 Å². The summed E-state index contributed by atoms with van der Waals surface area (Å²) >= 11 is 0. The Morgan fingerprint density at radius 2 is 1.85 bits per heavy atom. The van der Waals surface area contributed by atoms with E-state index < -0.39 is 11.2 Å². The highest BCUT2D eigenvalue weighted by atomic mass is 16.3. The SMILES string of the molecule is CCCCN(C(=O)CN1CCN(c2ccccc2O)CC1)c1c(N)n(CC(C)C)c(=O)[nH]c1=O. The number of nitrogens with one attached hydrogen (secondary N) is 1. The van der Waals surface area contributed by atoms with Crippen molar-refractivity contribution >= 4 is 23.1 Å². The number of piperazine rings is 1. The number of para-hydroxylation sites is 2. The molecule has 0 unspecified atom stereocenters. The summed E-state index contributed by atoms with van der Waals surface area (Å²) in [5, 5.41) is 10.1. The molecule has 1 aliphatic rings. The second kappa shape index (κ2) is 11.2. The van der Waals surface area contributed by atoms with Crippen molar-refractivity contribution in [3.63, 3.8) is 0 Å². The lowest BCUT2D eigenvalue weighted by Gasteiger charge is -2.36. The largest absolute Gasteiger partial charge is 0.506 e. The number of nitrogen functional groups attached to an aromatic ring is 1. The number of carbonyl (C=O) groups excluding carboxylic acids is 1. The lowest BCUT2D eigenvalue weighted by atomic mass is 10.2. The molecule has 0 saturated carbocycles. The van der Waals surface area contributed by atoms with Crippen molar-refractivity contribution in [1.82, 2.24) is 14.5 Å². The van der Waals surface area contributed by atoms with Crippen molar-refractivity contribution < 1.29 is 9.90 Å². The number of hydrogen-bond donors (Lipinski definition) is 3. The highest BCUT2D eigenvalue weighted by Crippen LogP contribution is 2.27. The Kier molecular flexibility index (Phi) is 8.38. The van der Waals surface area contributed by atoms with Gasteiger partial charge >= 0.3 is 5.69 Å². The van der Waals surface area contributed by atoms with Gasteiger partial charge in [0.05, 0.1) is 12.2 Å². The third-order valence-electron chi connectivity index (χ3n) is 6.02. The first-order valence-electron chi connectivity index (χ1n) is 11.9. The average molecular weight is 473 g/mol. The molecule has 0 aliphatic carbocycles. The molecule has 4 N–H and O–H groups in total. The van der Waals surface area contributed by atoms with Crippen LogP contribution >= 0.6 is 0 Å². The number of phenolic OH excluding ortho intramolecular Hbond substituents is 1. The number of nitrogens with two attached hydrogens (primary N) is 1. The van der Waals surface area contributed by atoms with E-state index in [2.05, 4.69) is 9.88 Å². The molecule has 0 spiro atoms. The van der Waals surface area contributed by atoms with E-state index in [9.17, 15) is 19.5 Å². The topological polar surface area (TPSA) is 128 Å². The first kappa shape index (κ1) is 25.4. The molecule has 2 heterocycles. The lowest BCUT2D eigenvalue weighted by molar-refractivity contribution is -0.119. The van der Waals surface area contributed by atoms with Crippen LogP contribution < -0.4 is 26.8 Å². The second-order valence-electron chi connectivity index (χ2n) is 9.15. The van der Waals surface area contributed by atoms with E-state index in [1.165, 1.54) is 9.47 Å². The van der Waals surface area contributed by atoms with Crippen molar-refractivity contribution in [1.29, 1.82) is 0 Å². The Bertz CT molecular complexity index is 1100. The molecule has 1 aromatic heterocycles. The van der Waals surface area contributed by atoms with Crippen LogP contribution in [-0.4, -0.2) is 64.7 Å². The minimum Gasteiger partial charge on any atom is -0.506 e. The maximum Gasteiger partial charge on any atom is 0.330 e. The zero-order valence-electron chi connectivity index (χ0n) is 20.3. The van der Waals surface area contributed by atoms with Crippen LogP contribution in [0, 0.1) is 5.92 Å². The van der Waals surface area contributed by atoms with Crippen molar-refractivity contribution in [2.45, 2.75) is 40.2 Å². The van der Waals surface area contributed by atoms with Crippen molar-refractivity contribution in [3.05, 3.63) is 45.1 Å². The number of aromatic nitrogens is 2. The third-order valence-corrected chi connectivity index (χ3v) is 6.02. The molecule has 0 bridgehead atoms. The normalized spacial score (nSPS) is 14.5. The van der Waals surface area contributed by atoms with Gasteiger partial charge in [0, 0.05) is 39.3 Å². The van der Waals surface area contributed by atoms with Gasteiger partial charge < -0.3 is 20.6 Å². The van der Waals surface area contributed by atoms with E-state index in [0.717, 1.165) is 12.1 Å². The van der Waals surface area contributed by atoms with Crippen LogP contribution in [0.25, 0.3) is 0 Å². The Hall–Kier alpha value is -3.27. The molecule has 3 rings (SSSR count). The van der Waals surface area contributed by atoms with Gasteiger partial charge in [-0.2, -0.15) is 0 Å². The average Bonchev–Trinajstić information content (AvgIpc) is 2.79. The summed E-state index contributed by atoms with van der Waals surface area (Å²) in [6, 6.07) is 7.22. The number of aromatic amines is 1. The molecular weight excluding hydrogens is 436 g/mol. The molecule has 186 valence electrons. The molecule has 1 amide bonds. The number of carbonyl (C=O) groups is 1. The molecule has 0 atom stereocenters. The number of anilines is 3. The maximum atomic E-state index is 13.4. The van der Waals surface area contributed by atoms with Crippen LogP contribution in [0.1, 0.15) is 33.6 Å². The van der Waals surface area contributed by atoms with Crippen LogP contribution in [0.4, 0.5) is 17.2 Å². The molecule has 1 saturated heterocycles. The van der Waals surface area contributed by atoms with Gasteiger partial charge in [0.15, 0.2) is 5.69 Å². The Labute approximate surface area is 199 Å². The zero-order chi connectivity index (χ0) is 24.8. The summed E-state index contributed by atoms with van der Waals surface area (Å²) in [6.45, 7) is 9.36. The van der Waals surface area contributed by atoms with E-state index in [1.807, 2.05) is 37.8 Å². The number of benzene rings is 1. The van der Waals surface area contributed by atoms with Gasteiger partial charge in [-0.05, 0) is 24.5 Å². The maximum absolute atomic E-state index is 13.4. The van der Waals surface area contributed by atoms with Crippen LogP contribution in [0.2, 0.25) is 0 Å². The van der Waals surface area contributed by atoms with Gasteiger partial charge in [0.25, 0.3) is 5.56 Å². The molecule has 34 heavy (non-hydrogen) atoms. The molecule has 10 heteroatoms. The minimum absolute atomic E-state index is 0.0243. The fourth-order valence-electron chi connectivity index (χ4n) is 4.22. The summed E-state index contributed by atoms with van der Waals surface area (Å²) in [4.78, 5) is 46.4. The summed E-state index contributed by atoms with van der Waals surface area (Å²) in [5.74, 6) is 0.176. The van der Waals surface area contributed by atoms with E-state index in [4.69, 9.17) is 5.73 Å². The predicted octanol–water partition coefficient (Wildman–Crippen LogP) is 1.44. The number of unbranched alkanes of at least 4 members (excludes halogenated alkanes) is 1. The smallest absolute Gasteiger partial charge is 0.330 e. The number of H-pyrrole nitrogens is 1. The van der Waals surface area contributed by atoms with Crippen molar-refractivity contribution in [2.75, 3.05) is 54.8 Å². The summed E-state index contributed by atoms with van der Waals surface area (Å²) in [7, 11) is 0. The predicted molar refractivity (Wildman–Crippen MR) is 135 cm³/mol. The number of phenols is 1. The third kappa shape index (κ3) is 5.80. The molecule has 1 aliphatic heterocycles. The van der Waals surface area contributed by atoms with E-state index in [-0.39, 0.29) is 35.6 Å². The molecular formula is C24H36N6O4. The first-order chi connectivity index (χ1) is 16.2. The zero-order valence-corrected chi connectivity index (χ0v) is 20.3. The highest BCUT2D eigenvalue weighted by molar-refractivity contribution is 5.96. The van der Waals surface area contributed by atoms with E-state index >= 15 is 0 Å². The van der Waals surface area contributed by atoms with E-state index in [0.29, 0.717) is 45.7 Å². The fourth-order valence-corrected chi connectivity index (χ4v) is 4.22. The van der Waals surface area contributed by atoms with Gasteiger partial charge in [-0.25, -0.2) is 4.79 Å². The monoisotopic (exact) mass is 472 g/mol. The first-order valence-corrected chi connectivity index (χ1v) is 11.9. The van der Waals surface area contributed by atoms with Crippen molar-refractivity contribution in [2.24, 2.45) is 5.92 Å². The minimum atomic E-state index is -0.642. The summed E-state index contributed by atoms with van der Waals surface area (Å²) < 4.78 is 1.33. The number of hydrogen-bond acceptors (Lipinski definition) is 7. The number of aromatic hydroxyl groups is 1. The number of nitrogens with zero attached hydrogens (tertiary/aromatic N) is 4. The van der Waals surface area contributed by atoms with Crippen LogP contribution in [0.5, 0.6) is 5.75 Å². The lowest BCUT2D eigenvalue weighted by Crippen LogP contribution is -2.51. The molecule has 0 radical (unpaired) electrons. The van der Waals surface area contributed by atoms with Crippen LogP contribution in [0.15, 0.2) is 33.9 Å². The quantitative estimate of drug-likeness (QED) is 0.504. The van der Waals surface area contributed by atoms with E-state index in [1.54, 1.807) is 12.1 Å². The Morgan fingerprint density at radius 3 is 2.47 bits per heavy atom. The second-order valence-corrected chi connectivity index (χ2v) is 9.15. The van der Waals surface area contributed by atoms with Gasteiger partial charge in [-0.15, -0.1) is 0 Å². The van der Waals surface area contributed by atoms with Gasteiger partial charge in [0.2, 0.25) is 5.91 Å². The Balaban J connectivity index is 1.78. The molecule has 1 fully saturated rings. The van der Waals surface area contributed by atoms with Crippen LogP contribution in [0.3, 0.4) is 0 Å². The Morgan fingerprint density at radius 1 is 1.18 bits per heavy atom. The molecule has 2 aromatic rings. The van der Waals surface area contributed by atoms with Crippen LogP contribution in [-0.2, 0) is 11.3 Å². The van der Waals surface area contributed by atoms with Gasteiger partial charge in [-0.1, -0.05) is 39.3 Å². The summed E-state index contributed by atoms with van der Waals surface area (Å²) in [6.07, 6.45) is 1.54. The molecule has 10 nitrogen and oxygen atoms in total. The fraction of sp³-hybridized carbons (Fsp3) is 0.542. The molecule has 1 aromatic carbocycles. The summed E-state index contributed by atoms with van der Waals surface area (Å²) in [5.41, 5.74) is 5.90.